The lowest BCUT2D eigenvalue weighted by molar-refractivity contribution is 0.415. The molecular weight excluding hydrogens is 478 g/mol. The fourth-order valence-corrected chi connectivity index (χ4v) is 4.69. The molecule has 5 rings (SSSR count). The quantitative estimate of drug-likeness (QED) is 0.293. The minimum absolute atomic E-state index is 0.0809. The zero-order valence-corrected chi connectivity index (χ0v) is 18.9. The van der Waals surface area contributed by atoms with E-state index in [4.69, 9.17) is 13.3 Å². The predicted octanol–water partition coefficient (Wildman–Crippen LogP) is 5.67. The Kier molecular flexibility index (Phi) is 5.49. The molecule has 4 aromatic carbocycles. The number of benzene rings is 4. The summed E-state index contributed by atoms with van der Waals surface area (Å²) >= 11 is 0. The van der Waals surface area contributed by atoms with Gasteiger partial charge in [0.25, 0.3) is 0 Å². The van der Waals surface area contributed by atoms with Crippen molar-refractivity contribution in [3.63, 3.8) is 0 Å². The van der Waals surface area contributed by atoms with E-state index in [1.807, 2.05) is 6.07 Å². The van der Waals surface area contributed by atoms with E-state index in [1.54, 1.807) is 55.6 Å². The van der Waals surface area contributed by atoms with Crippen LogP contribution in [0.5, 0.6) is 11.5 Å². The molecule has 5 aromatic rings. The Labute approximate surface area is 198 Å². The second-order valence-corrected chi connectivity index (χ2v) is 9.20. The van der Waals surface area contributed by atoms with Gasteiger partial charge in [-0.25, -0.2) is 8.78 Å². The summed E-state index contributed by atoms with van der Waals surface area (Å²) in [5.41, 5.74) is -0.179. The highest BCUT2D eigenvalue weighted by atomic mass is 32.2. The molecule has 0 fully saturated rings. The first kappa shape index (κ1) is 22.5. The smallest absolute Gasteiger partial charge is 0.339 e. The highest BCUT2D eigenvalue weighted by molar-refractivity contribution is 7.87. The van der Waals surface area contributed by atoms with Crippen molar-refractivity contribution in [3.05, 3.63) is 101 Å². The molecule has 0 saturated carbocycles. The molecule has 0 aliphatic rings. The molecule has 0 amide bonds. The van der Waals surface area contributed by atoms with Gasteiger partial charge in [-0.3, -0.25) is 4.79 Å². The van der Waals surface area contributed by atoms with Gasteiger partial charge in [-0.15, -0.1) is 0 Å². The molecule has 0 aliphatic carbocycles. The van der Waals surface area contributed by atoms with Crippen LogP contribution in [-0.2, 0) is 10.1 Å². The van der Waals surface area contributed by atoms with Crippen molar-refractivity contribution in [2.45, 2.75) is 4.90 Å². The normalized spacial score (nSPS) is 11.6. The number of rotatable bonds is 5. The maximum Gasteiger partial charge on any atom is 0.339 e. The molecule has 0 unspecified atom stereocenters. The maximum atomic E-state index is 13.7. The molecular formula is C26H16F2O6S. The molecule has 0 saturated heterocycles. The number of fused-ring (bicyclic) bond motifs is 2. The fourth-order valence-electron chi connectivity index (χ4n) is 3.71. The Morgan fingerprint density at radius 1 is 0.829 bits per heavy atom. The summed E-state index contributed by atoms with van der Waals surface area (Å²) < 4.78 is 69.5. The van der Waals surface area contributed by atoms with Gasteiger partial charge in [-0.2, -0.15) is 8.42 Å². The van der Waals surface area contributed by atoms with Gasteiger partial charge in [0.1, 0.15) is 27.9 Å². The van der Waals surface area contributed by atoms with Gasteiger partial charge in [0.05, 0.1) is 12.5 Å². The summed E-state index contributed by atoms with van der Waals surface area (Å²) in [6, 6.07) is 18.4. The third-order valence-corrected chi connectivity index (χ3v) is 6.58. The van der Waals surface area contributed by atoms with Crippen molar-refractivity contribution in [1.82, 2.24) is 0 Å². The molecule has 9 heteroatoms. The van der Waals surface area contributed by atoms with Gasteiger partial charge in [0.15, 0.2) is 5.76 Å². The van der Waals surface area contributed by atoms with E-state index in [0.717, 1.165) is 10.8 Å². The monoisotopic (exact) mass is 494 g/mol. The van der Waals surface area contributed by atoms with Crippen LogP contribution in [0.3, 0.4) is 0 Å². The predicted molar refractivity (Wildman–Crippen MR) is 126 cm³/mol. The largest absolute Gasteiger partial charge is 0.497 e. The third-order valence-electron chi connectivity index (χ3n) is 5.38. The van der Waals surface area contributed by atoms with Crippen LogP contribution in [0.25, 0.3) is 33.1 Å². The SMILES string of the molecule is COc1ccc2cc(-c3oc4ccccc4c(=O)c3OS(=O)(=O)c3cc(F)cc(F)c3)ccc2c1. The molecule has 35 heavy (non-hydrogen) atoms. The Bertz CT molecular complexity index is 1760. The van der Waals surface area contributed by atoms with Gasteiger partial charge in [0, 0.05) is 11.6 Å². The van der Waals surface area contributed by atoms with Gasteiger partial charge in [-0.05, 0) is 53.2 Å². The Balaban J connectivity index is 1.72. The summed E-state index contributed by atoms with van der Waals surface area (Å²) in [6.07, 6.45) is 0. The summed E-state index contributed by atoms with van der Waals surface area (Å²) in [7, 11) is -3.24. The minimum atomic E-state index is -4.79. The lowest BCUT2D eigenvalue weighted by Gasteiger charge is -2.12. The average molecular weight is 494 g/mol. The van der Waals surface area contributed by atoms with Crippen LogP contribution in [0, 0.1) is 11.6 Å². The summed E-state index contributed by atoms with van der Waals surface area (Å²) in [6.45, 7) is 0. The van der Waals surface area contributed by atoms with E-state index in [9.17, 15) is 22.0 Å². The van der Waals surface area contributed by atoms with E-state index >= 15 is 0 Å². The summed E-state index contributed by atoms with van der Waals surface area (Å²) in [4.78, 5) is 12.5. The molecule has 0 bridgehead atoms. The van der Waals surface area contributed by atoms with Gasteiger partial charge in [0.2, 0.25) is 11.2 Å². The molecule has 0 spiro atoms. The van der Waals surface area contributed by atoms with Crippen molar-refractivity contribution in [3.8, 4) is 22.8 Å². The first-order valence-corrected chi connectivity index (χ1v) is 11.7. The Morgan fingerprint density at radius 3 is 2.26 bits per heavy atom. The van der Waals surface area contributed by atoms with Crippen LogP contribution < -0.4 is 14.3 Å². The Hall–Kier alpha value is -4.24. The standard InChI is InChI=1S/C26H16F2O6S/c1-32-20-9-8-15-10-17(7-6-16(15)11-20)25-26(24(29)22-4-2-3-5-23(22)33-25)34-35(30,31)21-13-18(27)12-19(28)14-21/h2-14H,1H3. The van der Waals surface area contributed by atoms with Crippen molar-refractivity contribution in [1.29, 1.82) is 0 Å². The average Bonchev–Trinajstić information content (AvgIpc) is 2.84. The van der Waals surface area contributed by atoms with E-state index < -0.39 is 37.8 Å². The molecule has 0 atom stereocenters. The third kappa shape index (κ3) is 4.22. The number of ether oxygens (including phenoxy) is 1. The zero-order valence-electron chi connectivity index (χ0n) is 18.1. The molecule has 1 heterocycles. The van der Waals surface area contributed by atoms with Crippen LogP contribution in [0.1, 0.15) is 0 Å². The summed E-state index contributed by atoms with van der Waals surface area (Å²) in [5.74, 6) is -2.33. The Morgan fingerprint density at radius 2 is 1.51 bits per heavy atom. The first-order valence-electron chi connectivity index (χ1n) is 10.3. The van der Waals surface area contributed by atoms with Crippen LogP contribution in [0.4, 0.5) is 8.78 Å². The van der Waals surface area contributed by atoms with E-state index in [0.29, 0.717) is 29.5 Å². The van der Waals surface area contributed by atoms with Gasteiger partial charge in [-0.1, -0.05) is 30.3 Å². The van der Waals surface area contributed by atoms with Crippen LogP contribution >= 0.6 is 0 Å². The second kappa shape index (κ2) is 8.52. The topological polar surface area (TPSA) is 82.8 Å². The molecule has 0 N–H and O–H groups in total. The fraction of sp³-hybridized carbons (Fsp3) is 0.0385. The first-order chi connectivity index (χ1) is 16.7. The molecule has 6 nitrogen and oxygen atoms in total. The van der Waals surface area contributed by atoms with Crippen molar-refractivity contribution in [2.75, 3.05) is 7.11 Å². The number of hydrogen-bond acceptors (Lipinski definition) is 6. The van der Waals surface area contributed by atoms with E-state index in [2.05, 4.69) is 0 Å². The molecule has 0 aliphatic heterocycles. The van der Waals surface area contributed by atoms with Crippen LogP contribution in [0.2, 0.25) is 0 Å². The van der Waals surface area contributed by atoms with Gasteiger partial charge < -0.3 is 13.3 Å². The van der Waals surface area contributed by atoms with Gasteiger partial charge >= 0.3 is 10.1 Å². The van der Waals surface area contributed by atoms with E-state index in [1.165, 1.54) is 6.07 Å². The van der Waals surface area contributed by atoms with E-state index in [-0.39, 0.29) is 16.7 Å². The number of halogens is 2. The van der Waals surface area contributed by atoms with Crippen molar-refractivity contribution >= 4 is 31.9 Å². The maximum absolute atomic E-state index is 13.7. The van der Waals surface area contributed by atoms with Crippen molar-refractivity contribution < 1.29 is 30.5 Å². The minimum Gasteiger partial charge on any atom is -0.497 e. The highest BCUT2D eigenvalue weighted by Gasteiger charge is 2.26. The summed E-state index contributed by atoms with van der Waals surface area (Å²) in [5, 5.41) is 1.68. The lowest BCUT2D eigenvalue weighted by Crippen LogP contribution is -2.17. The number of methoxy groups -OCH3 is 1. The molecule has 0 radical (unpaired) electrons. The zero-order chi connectivity index (χ0) is 24.7. The number of hydrogen-bond donors (Lipinski definition) is 0. The molecule has 1 aromatic heterocycles. The van der Waals surface area contributed by atoms with Crippen molar-refractivity contribution in [2.24, 2.45) is 0 Å². The second-order valence-electron chi connectivity index (χ2n) is 7.66. The molecule has 176 valence electrons. The van der Waals surface area contributed by atoms with Crippen LogP contribution in [0.15, 0.2) is 93.0 Å². The lowest BCUT2D eigenvalue weighted by atomic mass is 10.0. The van der Waals surface area contributed by atoms with Crippen LogP contribution in [-0.4, -0.2) is 15.5 Å². The number of para-hydroxylation sites is 1. The highest BCUT2D eigenvalue weighted by Crippen LogP contribution is 2.35.